The van der Waals surface area contributed by atoms with E-state index in [0.29, 0.717) is 11.1 Å². The molecule has 0 atom stereocenters. The number of carbonyl (C=O) groups excluding carboxylic acids is 2. The first kappa shape index (κ1) is 16.3. The number of nitrogens with one attached hydrogen (secondary N) is 2. The summed E-state index contributed by atoms with van der Waals surface area (Å²) in [5.74, 6) is -0.789. The summed E-state index contributed by atoms with van der Waals surface area (Å²) in [5.41, 5.74) is 7.54. The first-order valence-electron chi connectivity index (χ1n) is 7.70. The summed E-state index contributed by atoms with van der Waals surface area (Å²) in [6.07, 6.45) is 2.36. The molecule has 1 heterocycles. The van der Waals surface area contributed by atoms with Crippen molar-refractivity contribution in [2.45, 2.75) is 13.3 Å². The Morgan fingerprint density at radius 1 is 0.920 bits per heavy atom. The molecule has 0 fully saturated rings. The Kier molecular flexibility index (Phi) is 4.79. The van der Waals surface area contributed by atoms with Crippen LogP contribution in [-0.2, 0) is 6.42 Å². The van der Waals surface area contributed by atoms with Crippen LogP contribution in [0.2, 0.25) is 0 Å². The number of hydrazine groups is 1. The maximum Gasteiger partial charge on any atom is 0.269 e. The average molecular weight is 336 g/mol. The van der Waals surface area contributed by atoms with E-state index in [9.17, 15) is 9.59 Å². The maximum absolute atomic E-state index is 12.1. The first-order chi connectivity index (χ1) is 12.2. The number of rotatable bonds is 4. The number of aromatic nitrogens is 4. The molecule has 0 aliphatic rings. The topological polar surface area (TPSA) is 102 Å². The van der Waals surface area contributed by atoms with Crippen LogP contribution in [-0.4, -0.2) is 32.0 Å². The first-order valence-corrected chi connectivity index (χ1v) is 7.70. The lowest BCUT2D eigenvalue weighted by atomic mass is 10.1. The Labute approximate surface area is 143 Å². The molecular formula is C17H16N6O2. The summed E-state index contributed by atoms with van der Waals surface area (Å²) in [6, 6.07) is 13.9. The van der Waals surface area contributed by atoms with E-state index in [0.717, 1.165) is 17.7 Å². The van der Waals surface area contributed by atoms with Crippen molar-refractivity contribution in [3.63, 3.8) is 0 Å². The van der Waals surface area contributed by atoms with Gasteiger partial charge in [0, 0.05) is 11.1 Å². The molecule has 0 radical (unpaired) electrons. The molecule has 0 unspecified atom stereocenters. The molecule has 0 aliphatic heterocycles. The summed E-state index contributed by atoms with van der Waals surface area (Å²) in [4.78, 5) is 24.1. The number of carbonyl (C=O) groups is 2. The van der Waals surface area contributed by atoms with E-state index in [1.54, 1.807) is 36.4 Å². The number of hydrogen-bond acceptors (Lipinski definition) is 5. The molecule has 2 aromatic carbocycles. The smallest absolute Gasteiger partial charge is 0.267 e. The maximum atomic E-state index is 12.1. The van der Waals surface area contributed by atoms with E-state index in [1.807, 2.05) is 19.1 Å². The van der Waals surface area contributed by atoms with Crippen LogP contribution < -0.4 is 10.9 Å². The summed E-state index contributed by atoms with van der Waals surface area (Å²) >= 11 is 0. The molecule has 0 aliphatic carbocycles. The van der Waals surface area contributed by atoms with Crippen LogP contribution in [0.25, 0.3) is 5.69 Å². The van der Waals surface area contributed by atoms with Crippen molar-refractivity contribution in [2.75, 3.05) is 0 Å². The van der Waals surface area contributed by atoms with Crippen LogP contribution in [0.4, 0.5) is 0 Å². The molecule has 3 aromatic rings. The van der Waals surface area contributed by atoms with E-state index in [-0.39, 0.29) is 5.91 Å². The monoisotopic (exact) mass is 336 g/mol. The second-order valence-corrected chi connectivity index (χ2v) is 5.26. The van der Waals surface area contributed by atoms with Crippen molar-refractivity contribution < 1.29 is 9.59 Å². The van der Waals surface area contributed by atoms with Gasteiger partial charge in [0.05, 0.1) is 5.69 Å². The van der Waals surface area contributed by atoms with Gasteiger partial charge in [-0.3, -0.25) is 20.4 Å². The Morgan fingerprint density at radius 2 is 1.48 bits per heavy atom. The van der Waals surface area contributed by atoms with Crippen LogP contribution in [0, 0.1) is 0 Å². The molecule has 2 N–H and O–H groups in total. The number of amides is 2. The molecular weight excluding hydrogens is 320 g/mol. The van der Waals surface area contributed by atoms with Gasteiger partial charge in [0.15, 0.2) is 0 Å². The minimum absolute atomic E-state index is 0.374. The molecule has 126 valence electrons. The number of aryl methyl sites for hydroxylation is 1. The van der Waals surface area contributed by atoms with Gasteiger partial charge in [0.2, 0.25) is 0 Å². The van der Waals surface area contributed by atoms with Crippen molar-refractivity contribution in [3.05, 3.63) is 71.5 Å². The SMILES string of the molecule is CCc1ccc(C(=O)NNC(=O)c2ccc(-n3cnnn3)cc2)cc1. The molecule has 25 heavy (non-hydrogen) atoms. The molecule has 0 saturated carbocycles. The standard InChI is InChI=1S/C17H16N6O2/c1-2-12-3-5-13(6-4-12)16(24)19-20-17(25)14-7-9-15(10-8-14)23-11-18-21-22-23/h3-11H,2H2,1H3,(H,19,24)(H,20,25). The predicted molar refractivity (Wildman–Crippen MR) is 89.9 cm³/mol. The van der Waals surface area contributed by atoms with Gasteiger partial charge in [-0.05, 0) is 58.8 Å². The van der Waals surface area contributed by atoms with Gasteiger partial charge in [-0.2, -0.15) is 0 Å². The van der Waals surface area contributed by atoms with Gasteiger partial charge in [-0.15, -0.1) is 5.10 Å². The van der Waals surface area contributed by atoms with Gasteiger partial charge in [-0.25, -0.2) is 4.68 Å². The molecule has 0 saturated heterocycles. The molecule has 2 amide bonds. The second kappa shape index (κ2) is 7.35. The fourth-order valence-electron chi connectivity index (χ4n) is 2.19. The van der Waals surface area contributed by atoms with Gasteiger partial charge < -0.3 is 0 Å². The summed E-state index contributed by atoms with van der Waals surface area (Å²) in [7, 11) is 0. The quantitative estimate of drug-likeness (QED) is 0.699. The van der Waals surface area contributed by atoms with Crippen LogP contribution in [0.1, 0.15) is 33.2 Å². The zero-order chi connectivity index (χ0) is 17.6. The van der Waals surface area contributed by atoms with E-state index in [4.69, 9.17) is 0 Å². The molecule has 0 spiro atoms. The lowest BCUT2D eigenvalue weighted by Gasteiger charge is -2.08. The largest absolute Gasteiger partial charge is 0.269 e. The summed E-state index contributed by atoms with van der Waals surface area (Å²) in [5, 5.41) is 10.9. The highest BCUT2D eigenvalue weighted by molar-refractivity contribution is 5.99. The highest BCUT2D eigenvalue weighted by atomic mass is 16.2. The lowest BCUT2D eigenvalue weighted by Crippen LogP contribution is -2.41. The zero-order valence-corrected chi connectivity index (χ0v) is 13.5. The van der Waals surface area contributed by atoms with Crippen LogP contribution in [0.5, 0.6) is 0 Å². The number of hydrogen-bond donors (Lipinski definition) is 2. The van der Waals surface area contributed by atoms with E-state index < -0.39 is 5.91 Å². The zero-order valence-electron chi connectivity index (χ0n) is 13.5. The van der Waals surface area contributed by atoms with E-state index >= 15 is 0 Å². The third-order valence-electron chi connectivity index (χ3n) is 3.66. The van der Waals surface area contributed by atoms with Crippen LogP contribution in [0.15, 0.2) is 54.9 Å². The van der Waals surface area contributed by atoms with Crippen molar-refractivity contribution in [1.82, 2.24) is 31.1 Å². The molecule has 3 rings (SSSR count). The normalized spacial score (nSPS) is 10.3. The molecule has 0 bridgehead atoms. The molecule has 8 nitrogen and oxygen atoms in total. The van der Waals surface area contributed by atoms with Gasteiger partial charge >= 0.3 is 0 Å². The Bertz CT molecular complexity index is 857. The van der Waals surface area contributed by atoms with Crippen molar-refractivity contribution in [1.29, 1.82) is 0 Å². The van der Waals surface area contributed by atoms with Gasteiger partial charge in [-0.1, -0.05) is 19.1 Å². The van der Waals surface area contributed by atoms with Crippen LogP contribution >= 0.6 is 0 Å². The lowest BCUT2D eigenvalue weighted by molar-refractivity contribution is 0.0846. The Hall–Kier alpha value is -3.55. The fraction of sp³-hybridized carbons (Fsp3) is 0.118. The minimum atomic E-state index is -0.415. The van der Waals surface area contributed by atoms with Crippen molar-refractivity contribution in [3.8, 4) is 5.69 Å². The minimum Gasteiger partial charge on any atom is -0.267 e. The van der Waals surface area contributed by atoms with Crippen molar-refractivity contribution >= 4 is 11.8 Å². The van der Waals surface area contributed by atoms with E-state index in [2.05, 4.69) is 26.4 Å². The van der Waals surface area contributed by atoms with Crippen molar-refractivity contribution in [2.24, 2.45) is 0 Å². The summed E-state index contributed by atoms with van der Waals surface area (Å²) < 4.78 is 1.48. The highest BCUT2D eigenvalue weighted by Gasteiger charge is 2.09. The fourth-order valence-corrected chi connectivity index (χ4v) is 2.19. The predicted octanol–water partition coefficient (Wildman–Crippen LogP) is 1.30. The van der Waals surface area contributed by atoms with Gasteiger partial charge in [0.25, 0.3) is 11.8 Å². The highest BCUT2D eigenvalue weighted by Crippen LogP contribution is 2.08. The summed E-state index contributed by atoms with van der Waals surface area (Å²) in [6.45, 7) is 2.04. The van der Waals surface area contributed by atoms with Gasteiger partial charge in [0.1, 0.15) is 6.33 Å². The second-order valence-electron chi connectivity index (χ2n) is 5.26. The Balaban J connectivity index is 1.59. The third-order valence-corrected chi connectivity index (χ3v) is 3.66. The van der Waals surface area contributed by atoms with Crippen LogP contribution in [0.3, 0.4) is 0 Å². The number of benzene rings is 2. The third kappa shape index (κ3) is 3.86. The molecule has 8 heteroatoms. The molecule has 1 aromatic heterocycles. The van der Waals surface area contributed by atoms with E-state index in [1.165, 1.54) is 11.0 Å². The Morgan fingerprint density at radius 3 is 1.96 bits per heavy atom. The number of nitrogens with zero attached hydrogens (tertiary/aromatic N) is 4. The average Bonchev–Trinajstić information content (AvgIpc) is 3.21. The number of tetrazole rings is 1.